The molecule has 0 unspecified atom stereocenters. The fraction of sp³-hybridized carbons (Fsp3) is 0.754. The second kappa shape index (κ2) is 55.4. The molecule has 1 atom stereocenters. The van der Waals surface area contributed by atoms with Crippen LogP contribution in [0.1, 0.15) is 278 Å². The summed E-state index contributed by atoms with van der Waals surface area (Å²) < 4.78 is 16.8. The zero-order valence-corrected chi connectivity index (χ0v) is 44.2. The van der Waals surface area contributed by atoms with Crippen LogP contribution in [0, 0.1) is 0 Å². The van der Waals surface area contributed by atoms with Gasteiger partial charge in [0.15, 0.2) is 6.10 Å². The van der Waals surface area contributed by atoms with Gasteiger partial charge in [-0.3, -0.25) is 14.4 Å². The van der Waals surface area contributed by atoms with Crippen LogP contribution in [0.15, 0.2) is 72.9 Å². The van der Waals surface area contributed by atoms with Crippen LogP contribution in [-0.4, -0.2) is 37.2 Å². The second-order valence-electron chi connectivity index (χ2n) is 18.8. The van der Waals surface area contributed by atoms with E-state index in [2.05, 4.69) is 93.7 Å². The smallest absolute Gasteiger partial charge is 0.306 e. The van der Waals surface area contributed by atoms with Crippen molar-refractivity contribution in [1.29, 1.82) is 0 Å². The van der Waals surface area contributed by atoms with Crippen LogP contribution < -0.4 is 0 Å². The molecule has 0 radical (unpaired) electrons. The fourth-order valence-corrected chi connectivity index (χ4v) is 7.83. The topological polar surface area (TPSA) is 78.9 Å². The quantitative estimate of drug-likeness (QED) is 0.0262. The number of carbonyl (C=O) groups is 3. The zero-order chi connectivity index (χ0) is 48.6. The van der Waals surface area contributed by atoms with Gasteiger partial charge in [-0.25, -0.2) is 0 Å². The van der Waals surface area contributed by atoms with E-state index in [1.165, 1.54) is 154 Å². The van der Waals surface area contributed by atoms with E-state index in [1.807, 2.05) is 0 Å². The van der Waals surface area contributed by atoms with Gasteiger partial charge in [0, 0.05) is 19.3 Å². The molecule has 67 heavy (non-hydrogen) atoms. The van der Waals surface area contributed by atoms with E-state index in [-0.39, 0.29) is 37.5 Å². The largest absolute Gasteiger partial charge is 0.462 e. The number of esters is 3. The molecular formula is C61H106O6. The van der Waals surface area contributed by atoms with E-state index >= 15 is 0 Å². The molecule has 0 saturated heterocycles. The maximum Gasteiger partial charge on any atom is 0.306 e. The van der Waals surface area contributed by atoms with E-state index in [1.54, 1.807) is 0 Å². The van der Waals surface area contributed by atoms with E-state index in [0.29, 0.717) is 19.3 Å². The van der Waals surface area contributed by atoms with Gasteiger partial charge in [-0.15, -0.1) is 0 Å². The maximum absolute atomic E-state index is 12.8. The van der Waals surface area contributed by atoms with Crippen molar-refractivity contribution in [3.63, 3.8) is 0 Å². The fourth-order valence-electron chi connectivity index (χ4n) is 7.83. The lowest BCUT2D eigenvalue weighted by molar-refractivity contribution is -0.167. The summed E-state index contributed by atoms with van der Waals surface area (Å²) in [6.07, 6.45) is 70.3. The van der Waals surface area contributed by atoms with Crippen LogP contribution >= 0.6 is 0 Å². The van der Waals surface area contributed by atoms with E-state index in [9.17, 15) is 14.4 Å². The van der Waals surface area contributed by atoms with Crippen molar-refractivity contribution in [1.82, 2.24) is 0 Å². The highest BCUT2D eigenvalue weighted by atomic mass is 16.6. The summed E-state index contributed by atoms with van der Waals surface area (Å²) in [5.74, 6) is -0.940. The molecule has 0 heterocycles. The third kappa shape index (κ3) is 53.7. The molecule has 0 aliphatic rings. The third-order valence-corrected chi connectivity index (χ3v) is 12.2. The van der Waals surface area contributed by atoms with Gasteiger partial charge in [-0.2, -0.15) is 0 Å². The van der Waals surface area contributed by atoms with E-state index < -0.39 is 6.10 Å². The highest BCUT2D eigenvalue weighted by Gasteiger charge is 2.19. The first-order chi connectivity index (χ1) is 33.0. The molecule has 0 rings (SSSR count). The van der Waals surface area contributed by atoms with Crippen LogP contribution in [0.5, 0.6) is 0 Å². The highest BCUT2D eigenvalue weighted by molar-refractivity contribution is 5.71. The average Bonchev–Trinajstić information content (AvgIpc) is 3.33. The van der Waals surface area contributed by atoms with Crippen LogP contribution in [0.4, 0.5) is 0 Å². The van der Waals surface area contributed by atoms with Gasteiger partial charge in [0.2, 0.25) is 0 Å². The van der Waals surface area contributed by atoms with Crippen molar-refractivity contribution in [3.05, 3.63) is 72.9 Å². The molecule has 0 aromatic rings. The first-order valence-electron chi connectivity index (χ1n) is 28.4. The minimum absolute atomic E-state index is 0.0951. The number of hydrogen-bond donors (Lipinski definition) is 0. The number of hydrogen-bond acceptors (Lipinski definition) is 6. The van der Waals surface area contributed by atoms with Gasteiger partial charge in [-0.1, -0.05) is 216 Å². The Bertz CT molecular complexity index is 1260. The minimum Gasteiger partial charge on any atom is -0.462 e. The van der Waals surface area contributed by atoms with Gasteiger partial charge in [0.05, 0.1) is 0 Å². The SMILES string of the molecule is CCCCC/C=C\C/C=C\C/C=C\CCCCC(=O)O[C@H](COC(=O)CCCCCCC/C=C\CCCCCCCC)COC(=O)CCCCCCCCCCC/C=C\C/C=C\CCCCC. The molecule has 0 amide bonds. The van der Waals surface area contributed by atoms with E-state index in [4.69, 9.17) is 14.2 Å². The average molecular weight is 936 g/mol. The van der Waals surface area contributed by atoms with Crippen LogP contribution in [0.2, 0.25) is 0 Å². The molecule has 0 spiro atoms. The molecule has 0 aliphatic heterocycles. The monoisotopic (exact) mass is 935 g/mol. The molecule has 6 heteroatoms. The standard InChI is InChI=1S/C61H106O6/c1-4-7-10-13-16-19-22-25-28-29-30-31-34-36-39-42-45-48-51-54-60(63)66-57-58(67-61(64)55-52-49-46-43-40-37-33-27-24-21-18-15-12-9-6-3)56-65-59(62)53-50-47-44-41-38-35-32-26-23-20-17-14-11-8-5-2/h16,18-19,21,25-28,32-33,40,43,58H,4-15,17,20,22-24,29-31,34-39,41-42,44-57H2,1-3H3/b19-16-,21-18-,28-25-,32-26-,33-27-,43-40-/t58-/m1/s1. The summed E-state index contributed by atoms with van der Waals surface area (Å²) in [6.45, 7) is 6.55. The summed E-state index contributed by atoms with van der Waals surface area (Å²) in [7, 11) is 0. The van der Waals surface area contributed by atoms with Crippen LogP contribution in [0.25, 0.3) is 0 Å². The second-order valence-corrected chi connectivity index (χ2v) is 18.8. The molecule has 0 bridgehead atoms. The lowest BCUT2D eigenvalue weighted by Gasteiger charge is -2.18. The number of unbranched alkanes of at least 4 members (excludes halogenated alkanes) is 28. The Morgan fingerprint density at radius 2 is 0.537 bits per heavy atom. The van der Waals surface area contributed by atoms with Crippen molar-refractivity contribution in [3.8, 4) is 0 Å². The number of carbonyl (C=O) groups excluding carboxylic acids is 3. The lowest BCUT2D eigenvalue weighted by Crippen LogP contribution is -2.30. The number of ether oxygens (including phenoxy) is 3. The third-order valence-electron chi connectivity index (χ3n) is 12.2. The zero-order valence-electron chi connectivity index (χ0n) is 44.2. The van der Waals surface area contributed by atoms with Crippen molar-refractivity contribution in [2.24, 2.45) is 0 Å². The molecule has 0 fully saturated rings. The molecular weight excluding hydrogens is 829 g/mol. The number of allylic oxidation sites excluding steroid dienone is 12. The van der Waals surface area contributed by atoms with Gasteiger partial charge in [0.25, 0.3) is 0 Å². The Morgan fingerprint density at radius 3 is 0.910 bits per heavy atom. The maximum atomic E-state index is 12.8. The molecule has 0 saturated carbocycles. The summed E-state index contributed by atoms with van der Waals surface area (Å²) in [5.41, 5.74) is 0. The Labute approximate surface area is 414 Å². The summed E-state index contributed by atoms with van der Waals surface area (Å²) in [6, 6.07) is 0. The summed E-state index contributed by atoms with van der Waals surface area (Å²) in [4.78, 5) is 38.1. The van der Waals surface area contributed by atoms with Crippen molar-refractivity contribution >= 4 is 17.9 Å². The van der Waals surface area contributed by atoms with Crippen molar-refractivity contribution in [2.75, 3.05) is 13.2 Å². The Balaban J connectivity index is 4.43. The Kier molecular flexibility index (Phi) is 52.8. The van der Waals surface area contributed by atoms with Gasteiger partial charge >= 0.3 is 17.9 Å². The van der Waals surface area contributed by atoms with E-state index in [0.717, 1.165) is 77.0 Å². The predicted octanol–water partition coefficient (Wildman–Crippen LogP) is 19.0. The van der Waals surface area contributed by atoms with Crippen molar-refractivity contribution < 1.29 is 28.6 Å². The Morgan fingerprint density at radius 1 is 0.299 bits per heavy atom. The van der Waals surface area contributed by atoms with Gasteiger partial charge in [-0.05, 0) is 116 Å². The molecule has 0 aliphatic carbocycles. The number of rotatable bonds is 51. The molecule has 0 aromatic carbocycles. The molecule has 0 N–H and O–H groups in total. The van der Waals surface area contributed by atoms with Gasteiger partial charge < -0.3 is 14.2 Å². The van der Waals surface area contributed by atoms with Crippen LogP contribution in [-0.2, 0) is 28.6 Å². The Hall–Kier alpha value is -3.15. The van der Waals surface area contributed by atoms with Crippen LogP contribution in [0.3, 0.4) is 0 Å². The summed E-state index contributed by atoms with van der Waals surface area (Å²) in [5, 5.41) is 0. The summed E-state index contributed by atoms with van der Waals surface area (Å²) >= 11 is 0. The highest BCUT2D eigenvalue weighted by Crippen LogP contribution is 2.14. The molecule has 6 nitrogen and oxygen atoms in total. The van der Waals surface area contributed by atoms with Gasteiger partial charge in [0.1, 0.15) is 13.2 Å². The predicted molar refractivity (Wildman–Crippen MR) is 288 cm³/mol. The first kappa shape index (κ1) is 63.8. The normalized spacial score (nSPS) is 12.6. The first-order valence-corrected chi connectivity index (χ1v) is 28.4. The molecule has 386 valence electrons. The molecule has 0 aromatic heterocycles. The van der Waals surface area contributed by atoms with Crippen molar-refractivity contribution in [2.45, 2.75) is 284 Å². The lowest BCUT2D eigenvalue weighted by atomic mass is 10.1. The minimum atomic E-state index is -0.800.